The van der Waals surface area contributed by atoms with E-state index in [1.54, 1.807) is 6.07 Å². The van der Waals surface area contributed by atoms with Crippen molar-refractivity contribution in [3.8, 4) is 6.07 Å². The summed E-state index contributed by atoms with van der Waals surface area (Å²) in [6.07, 6.45) is 0. The van der Waals surface area contributed by atoms with Crippen LogP contribution in [-0.4, -0.2) is 23.4 Å². The molecule has 108 valence electrons. The highest BCUT2D eigenvalue weighted by Crippen LogP contribution is 2.14. The Morgan fingerprint density at radius 2 is 2.15 bits per heavy atom. The van der Waals surface area contributed by atoms with Crippen molar-refractivity contribution in [1.82, 2.24) is 4.90 Å². The summed E-state index contributed by atoms with van der Waals surface area (Å²) < 4.78 is 13.8. The van der Waals surface area contributed by atoms with E-state index in [0.717, 1.165) is 0 Å². The monoisotopic (exact) mass is 277 g/mol. The van der Waals surface area contributed by atoms with Gasteiger partial charge < -0.3 is 10.6 Å². The zero-order valence-electron chi connectivity index (χ0n) is 12.1. The lowest BCUT2D eigenvalue weighted by Crippen LogP contribution is -2.46. The van der Waals surface area contributed by atoms with E-state index in [4.69, 9.17) is 11.0 Å². The molecular formula is C15H20FN3O. The lowest BCUT2D eigenvalue weighted by Gasteiger charge is -2.26. The standard InChI is InChI=1S/C15H20FN3O/c1-4-19(15(20)14(18)10(2)3)9-12-6-5-11(8-17)7-13(12)16/h5-7,10,14H,4,9,18H2,1-3H3. The van der Waals surface area contributed by atoms with Crippen LogP contribution in [-0.2, 0) is 11.3 Å². The molecule has 0 fully saturated rings. The van der Waals surface area contributed by atoms with Crippen molar-refractivity contribution in [3.05, 3.63) is 35.1 Å². The number of benzene rings is 1. The van der Waals surface area contributed by atoms with Gasteiger partial charge in [-0.05, 0) is 25.0 Å². The summed E-state index contributed by atoms with van der Waals surface area (Å²) >= 11 is 0. The van der Waals surface area contributed by atoms with E-state index in [0.29, 0.717) is 12.1 Å². The Labute approximate surface area is 119 Å². The van der Waals surface area contributed by atoms with E-state index in [9.17, 15) is 9.18 Å². The number of carbonyl (C=O) groups excluding carboxylic acids is 1. The molecule has 0 bridgehead atoms. The maximum atomic E-state index is 13.8. The topological polar surface area (TPSA) is 70.1 Å². The summed E-state index contributed by atoms with van der Waals surface area (Å²) in [5, 5.41) is 8.71. The van der Waals surface area contributed by atoms with Crippen LogP contribution in [0.25, 0.3) is 0 Å². The van der Waals surface area contributed by atoms with Gasteiger partial charge in [-0.2, -0.15) is 5.26 Å². The van der Waals surface area contributed by atoms with Crippen LogP contribution >= 0.6 is 0 Å². The van der Waals surface area contributed by atoms with Gasteiger partial charge in [-0.25, -0.2) is 4.39 Å². The van der Waals surface area contributed by atoms with Gasteiger partial charge in [0.25, 0.3) is 0 Å². The Balaban J connectivity index is 2.89. The molecule has 1 atom stereocenters. The molecule has 0 heterocycles. The minimum atomic E-state index is -0.587. The fourth-order valence-corrected chi connectivity index (χ4v) is 1.79. The second kappa shape index (κ2) is 7.01. The average Bonchev–Trinajstić information content (AvgIpc) is 2.44. The van der Waals surface area contributed by atoms with Gasteiger partial charge in [-0.15, -0.1) is 0 Å². The molecule has 0 aromatic heterocycles. The van der Waals surface area contributed by atoms with Crippen molar-refractivity contribution in [2.75, 3.05) is 6.54 Å². The van der Waals surface area contributed by atoms with E-state index in [2.05, 4.69) is 0 Å². The molecule has 0 spiro atoms. The molecule has 1 unspecified atom stereocenters. The SMILES string of the molecule is CCN(Cc1ccc(C#N)cc1F)C(=O)C(N)C(C)C. The van der Waals surface area contributed by atoms with Crippen LogP contribution in [0.1, 0.15) is 31.9 Å². The van der Waals surface area contributed by atoms with E-state index < -0.39 is 11.9 Å². The Morgan fingerprint density at radius 1 is 1.50 bits per heavy atom. The van der Waals surface area contributed by atoms with Crippen LogP contribution in [0, 0.1) is 23.1 Å². The van der Waals surface area contributed by atoms with Crippen LogP contribution < -0.4 is 5.73 Å². The number of halogens is 1. The van der Waals surface area contributed by atoms with Crippen LogP contribution in [0.2, 0.25) is 0 Å². The average molecular weight is 277 g/mol. The first kappa shape index (κ1) is 16.1. The summed E-state index contributed by atoms with van der Waals surface area (Å²) in [6.45, 7) is 6.19. The summed E-state index contributed by atoms with van der Waals surface area (Å²) in [5.41, 5.74) is 6.49. The van der Waals surface area contributed by atoms with Gasteiger partial charge in [-0.1, -0.05) is 19.9 Å². The highest BCUT2D eigenvalue weighted by molar-refractivity contribution is 5.81. The molecule has 0 aliphatic carbocycles. The number of nitrogens with zero attached hydrogens (tertiary/aromatic N) is 2. The van der Waals surface area contributed by atoms with Gasteiger partial charge in [-0.3, -0.25) is 4.79 Å². The first-order valence-corrected chi connectivity index (χ1v) is 6.63. The van der Waals surface area contributed by atoms with Gasteiger partial charge >= 0.3 is 0 Å². The van der Waals surface area contributed by atoms with Crippen LogP contribution in [0.15, 0.2) is 18.2 Å². The summed E-state index contributed by atoms with van der Waals surface area (Å²) in [5.74, 6) is -0.637. The van der Waals surface area contributed by atoms with E-state index in [-0.39, 0.29) is 23.9 Å². The van der Waals surface area contributed by atoms with Crippen molar-refractivity contribution in [1.29, 1.82) is 5.26 Å². The highest BCUT2D eigenvalue weighted by atomic mass is 19.1. The number of hydrogen-bond acceptors (Lipinski definition) is 3. The zero-order chi connectivity index (χ0) is 15.3. The molecule has 1 aromatic carbocycles. The van der Waals surface area contributed by atoms with Crippen molar-refractivity contribution >= 4 is 5.91 Å². The van der Waals surface area contributed by atoms with E-state index in [1.165, 1.54) is 17.0 Å². The smallest absolute Gasteiger partial charge is 0.240 e. The van der Waals surface area contributed by atoms with E-state index in [1.807, 2.05) is 26.8 Å². The third kappa shape index (κ3) is 3.78. The molecule has 1 rings (SSSR count). The normalized spacial score (nSPS) is 12.1. The van der Waals surface area contributed by atoms with Crippen LogP contribution in [0.4, 0.5) is 4.39 Å². The first-order valence-electron chi connectivity index (χ1n) is 6.63. The third-order valence-electron chi connectivity index (χ3n) is 3.24. The molecule has 0 saturated heterocycles. The number of amides is 1. The molecule has 0 radical (unpaired) electrons. The summed E-state index contributed by atoms with van der Waals surface area (Å²) in [7, 11) is 0. The molecular weight excluding hydrogens is 257 g/mol. The number of hydrogen-bond donors (Lipinski definition) is 1. The predicted molar refractivity (Wildman–Crippen MR) is 75.0 cm³/mol. The fraction of sp³-hybridized carbons (Fsp3) is 0.467. The molecule has 0 saturated carbocycles. The maximum absolute atomic E-state index is 13.8. The third-order valence-corrected chi connectivity index (χ3v) is 3.24. The lowest BCUT2D eigenvalue weighted by atomic mass is 10.0. The van der Waals surface area contributed by atoms with Gasteiger partial charge in [0.15, 0.2) is 0 Å². The molecule has 4 nitrogen and oxygen atoms in total. The Bertz CT molecular complexity index is 522. The Hall–Kier alpha value is -1.93. The highest BCUT2D eigenvalue weighted by Gasteiger charge is 2.23. The van der Waals surface area contributed by atoms with Crippen LogP contribution in [0.3, 0.4) is 0 Å². The molecule has 1 aromatic rings. The largest absolute Gasteiger partial charge is 0.337 e. The van der Waals surface area contributed by atoms with Crippen molar-refractivity contribution in [2.45, 2.75) is 33.4 Å². The van der Waals surface area contributed by atoms with Gasteiger partial charge in [0, 0.05) is 18.7 Å². The van der Waals surface area contributed by atoms with Crippen molar-refractivity contribution in [3.63, 3.8) is 0 Å². The van der Waals surface area contributed by atoms with Gasteiger partial charge in [0.2, 0.25) is 5.91 Å². The molecule has 0 aliphatic rings. The predicted octanol–water partition coefficient (Wildman–Crippen LogP) is 2.03. The zero-order valence-corrected chi connectivity index (χ0v) is 12.1. The second-order valence-electron chi connectivity index (χ2n) is 5.04. The molecule has 5 heteroatoms. The summed E-state index contributed by atoms with van der Waals surface area (Å²) in [6, 6.07) is 5.54. The second-order valence-corrected chi connectivity index (χ2v) is 5.04. The number of likely N-dealkylation sites (N-methyl/N-ethyl adjacent to an activating group) is 1. The number of nitriles is 1. The van der Waals surface area contributed by atoms with E-state index >= 15 is 0 Å². The van der Waals surface area contributed by atoms with Gasteiger partial charge in [0.1, 0.15) is 5.82 Å². The van der Waals surface area contributed by atoms with Crippen LogP contribution in [0.5, 0.6) is 0 Å². The maximum Gasteiger partial charge on any atom is 0.240 e. The minimum absolute atomic E-state index is 0.0300. The minimum Gasteiger partial charge on any atom is -0.337 e. The Morgan fingerprint density at radius 3 is 2.60 bits per heavy atom. The Kier molecular flexibility index (Phi) is 5.66. The molecule has 20 heavy (non-hydrogen) atoms. The fourth-order valence-electron chi connectivity index (χ4n) is 1.79. The lowest BCUT2D eigenvalue weighted by molar-refractivity contribution is -0.134. The molecule has 0 aliphatic heterocycles. The van der Waals surface area contributed by atoms with Crippen molar-refractivity contribution < 1.29 is 9.18 Å². The quantitative estimate of drug-likeness (QED) is 0.895. The summed E-state index contributed by atoms with van der Waals surface area (Å²) in [4.78, 5) is 13.7. The molecule has 2 N–H and O–H groups in total. The van der Waals surface area contributed by atoms with Crippen molar-refractivity contribution in [2.24, 2.45) is 11.7 Å². The number of carbonyl (C=O) groups is 1. The number of nitrogens with two attached hydrogens (primary N) is 1. The molecule has 1 amide bonds. The first-order chi connectivity index (χ1) is 9.40. The van der Waals surface area contributed by atoms with Gasteiger partial charge in [0.05, 0.1) is 17.7 Å². The number of rotatable bonds is 5.